The number of rotatable bonds is 3. The number of ketones is 1. The summed E-state index contributed by atoms with van der Waals surface area (Å²) in [6.07, 6.45) is 0. The molecule has 1 aromatic carbocycles. The van der Waals surface area contributed by atoms with Crippen LogP contribution in [0.25, 0.3) is 0 Å². The fourth-order valence-corrected chi connectivity index (χ4v) is 3.13. The molecule has 6 nitrogen and oxygen atoms in total. The first-order valence-electron chi connectivity index (χ1n) is 8.11. The molecule has 23 heavy (non-hydrogen) atoms. The highest BCUT2D eigenvalue weighted by molar-refractivity contribution is 6.01. The molecule has 124 valence electrons. The number of nitrogens with one attached hydrogen (secondary N) is 1. The number of nitrogens with zero attached hydrogens (tertiary/aromatic N) is 2. The standard InChI is InChI=1S/C17H23N3O3/c1-12(19-6-8-20(9-7-19)13(2)21)17(22)14-3-4-16-15(11-14)18-5-10-23-16/h3-4,11-12,18H,5-10H2,1-2H3. The second-order valence-electron chi connectivity index (χ2n) is 6.07. The van der Waals surface area contributed by atoms with Gasteiger partial charge in [0.25, 0.3) is 0 Å². The lowest BCUT2D eigenvalue weighted by Crippen LogP contribution is -2.52. The van der Waals surface area contributed by atoms with Crippen LogP contribution in [0.4, 0.5) is 5.69 Å². The molecular weight excluding hydrogens is 294 g/mol. The van der Waals surface area contributed by atoms with Crippen molar-refractivity contribution >= 4 is 17.4 Å². The van der Waals surface area contributed by atoms with E-state index in [1.165, 1.54) is 0 Å². The number of piperazine rings is 1. The maximum atomic E-state index is 12.8. The zero-order valence-electron chi connectivity index (χ0n) is 13.7. The molecule has 0 radical (unpaired) electrons. The molecule has 2 heterocycles. The molecule has 0 bridgehead atoms. The molecular formula is C17H23N3O3. The normalized spacial score (nSPS) is 19.3. The molecule has 2 aliphatic heterocycles. The third kappa shape index (κ3) is 3.32. The second-order valence-corrected chi connectivity index (χ2v) is 6.07. The summed E-state index contributed by atoms with van der Waals surface area (Å²) in [4.78, 5) is 28.1. The van der Waals surface area contributed by atoms with Gasteiger partial charge in [0, 0.05) is 45.2 Å². The molecule has 0 saturated carbocycles. The molecule has 0 aromatic heterocycles. The number of carbonyl (C=O) groups excluding carboxylic acids is 2. The third-order valence-corrected chi connectivity index (χ3v) is 4.63. The fraction of sp³-hybridized carbons (Fsp3) is 0.529. The fourth-order valence-electron chi connectivity index (χ4n) is 3.13. The van der Waals surface area contributed by atoms with Gasteiger partial charge in [-0.05, 0) is 25.1 Å². The number of fused-ring (bicyclic) bond motifs is 1. The van der Waals surface area contributed by atoms with E-state index in [0.29, 0.717) is 25.3 Å². The quantitative estimate of drug-likeness (QED) is 0.850. The van der Waals surface area contributed by atoms with Gasteiger partial charge in [-0.15, -0.1) is 0 Å². The van der Waals surface area contributed by atoms with Gasteiger partial charge in [0.05, 0.1) is 11.7 Å². The van der Waals surface area contributed by atoms with Crippen LogP contribution in [0.15, 0.2) is 18.2 Å². The number of benzene rings is 1. The molecule has 1 saturated heterocycles. The smallest absolute Gasteiger partial charge is 0.219 e. The van der Waals surface area contributed by atoms with Crippen LogP contribution in [0, 0.1) is 0 Å². The van der Waals surface area contributed by atoms with Gasteiger partial charge in [-0.1, -0.05) is 0 Å². The highest BCUT2D eigenvalue weighted by atomic mass is 16.5. The Bertz CT molecular complexity index is 609. The maximum absolute atomic E-state index is 12.8. The van der Waals surface area contributed by atoms with Crippen molar-refractivity contribution in [2.24, 2.45) is 0 Å². The van der Waals surface area contributed by atoms with Crippen molar-refractivity contribution in [1.82, 2.24) is 9.80 Å². The van der Waals surface area contributed by atoms with Crippen LogP contribution in [0.5, 0.6) is 5.75 Å². The van der Waals surface area contributed by atoms with E-state index in [1.807, 2.05) is 30.0 Å². The van der Waals surface area contributed by atoms with Crippen molar-refractivity contribution in [3.63, 3.8) is 0 Å². The van der Waals surface area contributed by atoms with Crippen LogP contribution < -0.4 is 10.1 Å². The first-order valence-corrected chi connectivity index (χ1v) is 8.11. The molecule has 1 unspecified atom stereocenters. The van der Waals surface area contributed by atoms with Gasteiger partial charge in [-0.25, -0.2) is 0 Å². The molecule has 1 N–H and O–H groups in total. The number of carbonyl (C=O) groups is 2. The second kappa shape index (κ2) is 6.58. The highest BCUT2D eigenvalue weighted by Gasteiger charge is 2.27. The summed E-state index contributed by atoms with van der Waals surface area (Å²) in [5.74, 6) is 1.01. The van der Waals surface area contributed by atoms with E-state index in [-0.39, 0.29) is 17.7 Å². The Morgan fingerprint density at radius 1 is 1.22 bits per heavy atom. The van der Waals surface area contributed by atoms with Crippen molar-refractivity contribution in [2.75, 3.05) is 44.6 Å². The lowest BCUT2D eigenvalue weighted by Gasteiger charge is -2.37. The number of hydrogen-bond donors (Lipinski definition) is 1. The average Bonchev–Trinajstić information content (AvgIpc) is 2.60. The number of amides is 1. The molecule has 6 heteroatoms. The summed E-state index contributed by atoms with van der Waals surface area (Å²) in [5.41, 5.74) is 1.58. The predicted molar refractivity (Wildman–Crippen MR) is 88.0 cm³/mol. The molecule has 1 fully saturated rings. The van der Waals surface area contributed by atoms with Crippen molar-refractivity contribution < 1.29 is 14.3 Å². The molecule has 1 aromatic rings. The zero-order valence-corrected chi connectivity index (χ0v) is 13.7. The SMILES string of the molecule is CC(=O)N1CCN(C(C)C(=O)c2ccc3c(c2)NCCO3)CC1. The first-order chi connectivity index (χ1) is 11.1. The van der Waals surface area contributed by atoms with Crippen molar-refractivity contribution in [1.29, 1.82) is 0 Å². The zero-order chi connectivity index (χ0) is 16.4. The number of ether oxygens (including phenoxy) is 1. The van der Waals surface area contributed by atoms with Gasteiger partial charge in [0.15, 0.2) is 5.78 Å². The van der Waals surface area contributed by atoms with Crippen LogP contribution in [-0.2, 0) is 4.79 Å². The van der Waals surface area contributed by atoms with E-state index in [2.05, 4.69) is 10.2 Å². The summed E-state index contributed by atoms with van der Waals surface area (Å²) < 4.78 is 5.55. The summed E-state index contributed by atoms with van der Waals surface area (Å²) >= 11 is 0. The van der Waals surface area contributed by atoms with Crippen LogP contribution in [0.2, 0.25) is 0 Å². The van der Waals surface area contributed by atoms with Gasteiger partial charge in [0.1, 0.15) is 12.4 Å². The van der Waals surface area contributed by atoms with Gasteiger partial charge in [-0.3, -0.25) is 14.5 Å². The molecule has 1 amide bonds. The molecule has 0 spiro atoms. The van der Waals surface area contributed by atoms with Gasteiger partial charge >= 0.3 is 0 Å². The lowest BCUT2D eigenvalue weighted by atomic mass is 10.0. The van der Waals surface area contributed by atoms with Crippen LogP contribution >= 0.6 is 0 Å². The van der Waals surface area contributed by atoms with Crippen LogP contribution in [-0.4, -0.2) is 66.9 Å². The number of anilines is 1. The Morgan fingerprint density at radius 3 is 2.65 bits per heavy atom. The Kier molecular flexibility index (Phi) is 4.52. The highest BCUT2D eigenvalue weighted by Crippen LogP contribution is 2.28. The molecule has 0 aliphatic carbocycles. The minimum absolute atomic E-state index is 0.101. The third-order valence-electron chi connectivity index (χ3n) is 4.63. The summed E-state index contributed by atoms with van der Waals surface area (Å²) in [5, 5.41) is 3.26. The average molecular weight is 317 g/mol. The van der Waals surface area contributed by atoms with Crippen molar-refractivity contribution in [3.8, 4) is 5.75 Å². The van der Waals surface area contributed by atoms with E-state index >= 15 is 0 Å². The van der Waals surface area contributed by atoms with E-state index < -0.39 is 0 Å². The Morgan fingerprint density at radius 2 is 1.96 bits per heavy atom. The molecule has 2 aliphatic rings. The van der Waals surface area contributed by atoms with Gasteiger partial charge in [0.2, 0.25) is 5.91 Å². The molecule has 1 atom stereocenters. The van der Waals surface area contributed by atoms with Gasteiger partial charge in [-0.2, -0.15) is 0 Å². The van der Waals surface area contributed by atoms with Crippen molar-refractivity contribution in [3.05, 3.63) is 23.8 Å². The van der Waals surface area contributed by atoms with Crippen LogP contribution in [0.3, 0.4) is 0 Å². The Balaban J connectivity index is 1.67. The maximum Gasteiger partial charge on any atom is 0.219 e. The summed E-state index contributed by atoms with van der Waals surface area (Å²) in [7, 11) is 0. The van der Waals surface area contributed by atoms with Crippen LogP contribution in [0.1, 0.15) is 24.2 Å². The summed E-state index contributed by atoms with van der Waals surface area (Å²) in [6, 6.07) is 5.37. The number of hydrogen-bond acceptors (Lipinski definition) is 5. The van der Waals surface area contributed by atoms with Gasteiger partial charge < -0.3 is 15.0 Å². The lowest BCUT2D eigenvalue weighted by molar-refractivity contribution is -0.130. The first kappa shape index (κ1) is 15.8. The van der Waals surface area contributed by atoms with E-state index in [4.69, 9.17) is 4.74 Å². The number of Topliss-reactive ketones (excluding diaryl/α,β-unsaturated/α-hetero) is 1. The van der Waals surface area contributed by atoms with E-state index in [9.17, 15) is 9.59 Å². The minimum atomic E-state index is -0.188. The minimum Gasteiger partial charge on any atom is -0.490 e. The largest absolute Gasteiger partial charge is 0.490 e. The Hall–Kier alpha value is -2.08. The predicted octanol–water partition coefficient (Wildman–Crippen LogP) is 1.23. The van der Waals surface area contributed by atoms with Crippen molar-refractivity contribution in [2.45, 2.75) is 19.9 Å². The van der Waals surface area contributed by atoms with E-state index in [1.54, 1.807) is 6.92 Å². The van der Waals surface area contributed by atoms with E-state index in [0.717, 1.165) is 31.1 Å². The summed E-state index contributed by atoms with van der Waals surface area (Å²) in [6.45, 7) is 7.78. The Labute approximate surface area is 136 Å². The molecule has 3 rings (SSSR count). The topological polar surface area (TPSA) is 61.9 Å². The monoisotopic (exact) mass is 317 g/mol.